The fraction of sp³-hybridized carbons (Fsp3) is 0. The van der Waals surface area contributed by atoms with Crippen molar-refractivity contribution in [2.75, 3.05) is 5.73 Å². The zero-order valence-electron chi connectivity index (χ0n) is 9.02. The highest BCUT2D eigenvalue weighted by Crippen LogP contribution is 2.27. The van der Waals surface area contributed by atoms with Crippen molar-refractivity contribution in [1.29, 1.82) is 5.26 Å². The molecule has 0 fully saturated rings. The smallest absolute Gasteiger partial charge is 0.244 e. The number of aromatic nitrogens is 1. The molecule has 6 heteroatoms. The van der Waals surface area contributed by atoms with Crippen LogP contribution in [0.25, 0.3) is 0 Å². The van der Waals surface area contributed by atoms with Crippen LogP contribution in [0.4, 0.5) is 10.1 Å². The molecule has 0 saturated heterocycles. The summed E-state index contributed by atoms with van der Waals surface area (Å²) in [7, 11) is 0. The lowest BCUT2D eigenvalue weighted by atomic mass is 10.2. The molecule has 0 radical (unpaired) electrons. The van der Waals surface area contributed by atoms with Crippen LogP contribution in [0.1, 0.15) is 5.56 Å². The Labute approximate surface area is 107 Å². The van der Waals surface area contributed by atoms with Crippen LogP contribution in [0, 0.1) is 17.1 Å². The molecule has 1 aromatic heterocycles. The van der Waals surface area contributed by atoms with E-state index in [-0.39, 0.29) is 28.0 Å². The molecule has 18 heavy (non-hydrogen) atoms. The molecule has 1 heterocycles. The van der Waals surface area contributed by atoms with Gasteiger partial charge in [0.25, 0.3) is 0 Å². The van der Waals surface area contributed by atoms with Crippen molar-refractivity contribution in [2.45, 2.75) is 0 Å². The van der Waals surface area contributed by atoms with Gasteiger partial charge in [0.05, 0.1) is 11.3 Å². The normalized spacial score (nSPS) is 9.83. The molecule has 0 aliphatic rings. The molecular weight excluding hydrogens is 257 g/mol. The summed E-state index contributed by atoms with van der Waals surface area (Å²) < 4.78 is 18.7. The number of hydrogen-bond donors (Lipinski definition) is 1. The van der Waals surface area contributed by atoms with Gasteiger partial charge < -0.3 is 10.5 Å². The minimum absolute atomic E-state index is 0.0608. The highest BCUT2D eigenvalue weighted by atomic mass is 35.5. The molecule has 0 aliphatic carbocycles. The predicted molar refractivity (Wildman–Crippen MR) is 64.8 cm³/mol. The summed E-state index contributed by atoms with van der Waals surface area (Å²) >= 11 is 5.70. The van der Waals surface area contributed by atoms with Crippen molar-refractivity contribution < 1.29 is 9.13 Å². The molecule has 0 amide bonds. The number of benzene rings is 1. The summed E-state index contributed by atoms with van der Waals surface area (Å²) in [6.07, 6.45) is 0. The number of nitrogens with two attached hydrogens (primary N) is 1. The second-order valence-corrected chi connectivity index (χ2v) is 3.77. The number of nitriles is 1. The maximum Gasteiger partial charge on any atom is 0.244 e. The Balaban J connectivity index is 2.32. The van der Waals surface area contributed by atoms with Crippen LogP contribution in [0.3, 0.4) is 0 Å². The molecule has 0 aliphatic heterocycles. The largest absolute Gasteiger partial charge is 0.437 e. The Morgan fingerprint density at radius 1 is 1.33 bits per heavy atom. The van der Waals surface area contributed by atoms with Crippen molar-refractivity contribution in [3.8, 4) is 17.7 Å². The van der Waals surface area contributed by atoms with Crippen molar-refractivity contribution in [3.05, 3.63) is 46.9 Å². The van der Waals surface area contributed by atoms with Gasteiger partial charge >= 0.3 is 0 Å². The Kier molecular flexibility index (Phi) is 3.31. The molecule has 0 atom stereocenters. The van der Waals surface area contributed by atoms with E-state index in [1.165, 1.54) is 24.3 Å². The molecule has 90 valence electrons. The molecular formula is C12H7ClFN3O. The first-order chi connectivity index (χ1) is 8.60. The van der Waals surface area contributed by atoms with Gasteiger partial charge in [0.15, 0.2) is 0 Å². The molecule has 0 bridgehead atoms. The van der Waals surface area contributed by atoms with Crippen LogP contribution in [-0.4, -0.2) is 4.98 Å². The fourth-order valence-corrected chi connectivity index (χ4v) is 1.41. The molecule has 2 N–H and O–H groups in total. The van der Waals surface area contributed by atoms with Crippen molar-refractivity contribution >= 4 is 17.3 Å². The van der Waals surface area contributed by atoms with Gasteiger partial charge in [-0.25, -0.2) is 4.39 Å². The third-order valence-corrected chi connectivity index (χ3v) is 2.34. The minimum Gasteiger partial charge on any atom is -0.437 e. The summed E-state index contributed by atoms with van der Waals surface area (Å²) in [6, 6.07) is 8.61. The molecule has 2 rings (SSSR count). The number of nitrogen functional groups attached to an aromatic ring is 1. The third-order valence-electron chi connectivity index (χ3n) is 2.13. The van der Waals surface area contributed by atoms with E-state index in [2.05, 4.69) is 4.98 Å². The predicted octanol–water partition coefficient (Wildman–Crippen LogP) is 3.12. The molecule has 0 spiro atoms. The molecule has 2 aromatic rings. The Morgan fingerprint density at radius 3 is 2.78 bits per heavy atom. The van der Waals surface area contributed by atoms with Gasteiger partial charge in [0, 0.05) is 6.07 Å². The first-order valence-corrected chi connectivity index (χ1v) is 5.27. The van der Waals surface area contributed by atoms with E-state index in [1.807, 2.05) is 0 Å². The molecule has 4 nitrogen and oxygen atoms in total. The van der Waals surface area contributed by atoms with Crippen molar-refractivity contribution in [3.63, 3.8) is 0 Å². The number of pyridine rings is 1. The minimum atomic E-state index is -0.671. The van der Waals surface area contributed by atoms with Gasteiger partial charge in [-0.1, -0.05) is 11.6 Å². The van der Waals surface area contributed by atoms with Crippen molar-refractivity contribution in [1.82, 2.24) is 4.98 Å². The lowest BCUT2D eigenvalue weighted by Crippen LogP contribution is -1.96. The maximum absolute atomic E-state index is 13.4. The maximum atomic E-state index is 13.4. The average Bonchev–Trinajstić information content (AvgIpc) is 2.34. The molecule has 1 aromatic carbocycles. The van der Waals surface area contributed by atoms with Crippen LogP contribution in [0.2, 0.25) is 5.15 Å². The van der Waals surface area contributed by atoms with Gasteiger partial charge in [-0.2, -0.15) is 10.2 Å². The summed E-state index contributed by atoms with van der Waals surface area (Å²) in [5.74, 6) is -0.393. The third kappa shape index (κ3) is 2.50. The van der Waals surface area contributed by atoms with E-state index < -0.39 is 5.82 Å². The Hall–Kier alpha value is -2.32. The SMILES string of the molecule is N#Cc1ccc(Oc2nc(Cl)ccc2N)cc1F. The number of halogens is 2. The first kappa shape index (κ1) is 12.1. The van der Waals surface area contributed by atoms with Gasteiger partial charge in [-0.15, -0.1) is 0 Å². The highest BCUT2D eigenvalue weighted by molar-refractivity contribution is 6.29. The first-order valence-electron chi connectivity index (χ1n) is 4.89. The van der Waals surface area contributed by atoms with E-state index in [0.29, 0.717) is 0 Å². The Bertz CT molecular complexity index is 640. The van der Waals surface area contributed by atoms with E-state index >= 15 is 0 Å². The van der Waals surface area contributed by atoms with E-state index in [9.17, 15) is 4.39 Å². The topological polar surface area (TPSA) is 71.9 Å². The summed E-state index contributed by atoms with van der Waals surface area (Å²) in [4.78, 5) is 3.87. The number of hydrogen-bond acceptors (Lipinski definition) is 4. The number of ether oxygens (including phenoxy) is 1. The molecule has 0 saturated carbocycles. The monoisotopic (exact) mass is 263 g/mol. The summed E-state index contributed by atoms with van der Waals surface area (Å²) in [5.41, 5.74) is 5.86. The quantitative estimate of drug-likeness (QED) is 0.845. The van der Waals surface area contributed by atoms with Gasteiger partial charge in [0.2, 0.25) is 5.88 Å². The molecule has 0 unspecified atom stereocenters. The zero-order valence-corrected chi connectivity index (χ0v) is 9.78. The van der Waals surface area contributed by atoms with E-state index in [1.54, 1.807) is 6.07 Å². The zero-order chi connectivity index (χ0) is 13.1. The van der Waals surface area contributed by atoms with Crippen LogP contribution >= 0.6 is 11.6 Å². The number of rotatable bonds is 2. The van der Waals surface area contributed by atoms with Crippen LogP contribution in [-0.2, 0) is 0 Å². The van der Waals surface area contributed by atoms with Crippen LogP contribution in [0.5, 0.6) is 11.6 Å². The fourth-order valence-electron chi connectivity index (χ4n) is 1.27. The van der Waals surface area contributed by atoms with Crippen LogP contribution < -0.4 is 10.5 Å². The van der Waals surface area contributed by atoms with Crippen molar-refractivity contribution in [2.24, 2.45) is 0 Å². The van der Waals surface area contributed by atoms with Gasteiger partial charge in [-0.05, 0) is 24.3 Å². The number of nitrogens with zero attached hydrogens (tertiary/aromatic N) is 2. The summed E-state index contributed by atoms with van der Waals surface area (Å²) in [5, 5.41) is 8.81. The van der Waals surface area contributed by atoms with Gasteiger partial charge in [-0.3, -0.25) is 0 Å². The van der Waals surface area contributed by atoms with Crippen LogP contribution in [0.15, 0.2) is 30.3 Å². The lowest BCUT2D eigenvalue weighted by molar-refractivity contribution is 0.460. The van der Waals surface area contributed by atoms with E-state index in [4.69, 9.17) is 27.3 Å². The number of anilines is 1. The van der Waals surface area contributed by atoms with E-state index in [0.717, 1.165) is 6.07 Å². The second-order valence-electron chi connectivity index (χ2n) is 3.38. The summed E-state index contributed by atoms with van der Waals surface area (Å²) in [6.45, 7) is 0. The second kappa shape index (κ2) is 4.90. The highest BCUT2D eigenvalue weighted by Gasteiger charge is 2.08. The Morgan fingerprint density at radius 2 is 2.11 bits per heavy atom. The standard InChI is InChI=1S/C12H7ClFN3O/c13-11-4-3-10(16)12(17-11)18-8-2-1-7(6-15)9(14)5-8/h1-5H,16H2. The lowest BCUT2D eigenvalue weighted by Gasteiger charge is -2.07. The van der Waals surface area contributed by atoms with Gasteiger partial charge in [0.1, 0.15) is 22.8 Å². The average molecular weight is 264 g/mol.